The van der Waals surface area contributed by atoms with E-state index in [0.717, 1.165) is 32.2 Å². The van der Waals surface area contributed by atoms with E-state index in [1.165, 1.54) is 0 Å². The van der Waals surface area contributed by atoms with E-state index in [1.807, 2.05) is 134 Å². The van der Waals surface area contributed by atoms with Gasteiger partial charge in [-0.05, 0) is 59.2 Å². The Hall–Kier alpha value is -5.05. The molecule has 0 saturated heterocycles. The van der Waals surface area contributed by atoms with E-state index in [1.54, 1.807) is 6.07 Å². The summed E-state index contributed by atoms with van der Waals surface area (Å²) in [5.74, 6) is -0.650. The van der Waals surface area contributed by atoms with Gasteiger partial charge in [-0.3, -0.25) is 4.79 Å². The predicted octanol–water partition coefficient (Wildman–Crippen LogP) is 7.31. The number of ether oxygens (including phenoxy) is 1. The topological polar surface area (TPSA) is 55.4 Å². The Bertz CT molecular complexity index is 1830. The van der Waals surface area contributed by atoms with Crippen molar-refractivity contribution in [3.8, 4) is 0 Å². The number of esters is 1. The van der Waals surface area contributed by atoms with Gasteiger partial charge in [-0.2, -0.15) is 0 Å². The molecule has 0 aliphatic carbocycles. The molecule has 6 rings (SSSR count). The molecule has 0 radical (unpaired) electrons. The lowest BCUT2D eigenvalue weighted by atomic mass is 10.0. The zero-order chi connectivity index (χ0) is 30.3. The summed E-state index contributed by atoms with van der Waals surface area (Å²) in [4.78, 5) is 27.7. The van der Waals surface area contributed by atoms with E-state index in [4.69, 9.17) is 4.74 Å². The summed E-state index contributed by atoms with van der Waals surface area (Å²) in [5, 5.41) is 8.26. The summed E-state index contributed by atoms with van der Waals surface area (Å²) in [5.41, 5.74) is 1.90. The molecule has 0 aliphatic heterocycles. The Morgan fingerprint density at radius 1 is 0.591 bits per heavy atom. The number of nitrogens with one attached hydrogen (secondary N) is 1. The molecule has 0 spiro atoms. The van der Waals surface area contributed by atoms with Crippen LogP contribution in [0.25, 0.3) is 10.8 Å². The average Bonchev–Trinajstić information content (AvgIpc) is 3.08. The van der Waals surface area contributed by atoms with Gasteiger partial charge in [-0.15, -0.1) is 0 Å². The first-order chi connectivity index (χ1) is 21.6. The molecule has 216 valence electrons. The lowest BCUT2D eigenvalue weighted by Gasteiger charge is -2.27. The third-order valence-electron chi connectivity index (χ3n) is 7.60. The van der Waals surface area contributed by atoms with Crippen LogP contribution in [0, 0.1) is 0 Å². The van der Waals surface area contributed by atoms with Crippen molar-refractivity contribution in [2.45, 2.75) is 19.1 Å². The zero-order valence-electron chi connectivity index (χ0n) is 24.3. The van der Waals surface area contributed by atoms with Crippen LogP contribution in [-0.4, -0.2) is 17.9 Å². The lowest BCUT2D eigenvalue weighted by molar-refractivity contribution is 0.0210. The van der Waals surface area contributed by atoms with Crippen molar-refractivity contribution >= 4 is 46.5 Å². The first kappa shape index (κ1) is 29.0. The zero-order valence-corrected chi connectivity index (χ0v) is 25.2. The molecule has 0 saturated carbocycles. The quantitative estimate of drug-likeness (QED) is 0.141. The van der Waals surface area contributed by atoms with Crippen LogP contribution in [-0.2, 0) is 4.74 Å². The highest BCUT2D eigenvalue weighted by Crippen LogP contribution is 2.34. The maximum atomic E-state index is 14.1. The fraction of sp³-hybridized carbons (Fsp3) is 0.0769. The van der Waals surface area contributed by atoms with Gasteiger partial charge in [0, 0.05) is 5.56 Å². The minimum atomic E-state index is -0.991. The minimum Gasteiger partial charge on any atom is -0.452 e. The van der Waals surface area contributed by atoms with Crippen molar-refractivity contribution in [2.75, 3.05) is 0 Å². The Morgan fingerprint density at radius 2 is 1.11 bits per heavy atom. The second-order valence-electron chi connectivity index (χ2n) is 10.5. The molecule has 6 aromatic carbocycles. The molecule has 0 bridgehead atoms. The van der Waals surface area contributed by atoms with Crippen molar-refractivity contribution in [3.05, 3.63) is 174 Å². The molecule has 1 amide bonds. The smallest absolute Gasteiger partial charge is 0.339 e. The molecular weight excluding hydrogens is 561 g/mol. The Balaban J connectivity index is 1.32. The highest BCUT2D eigenvalue weighted by atomic mass is 31.1. The van der Waals surface area contributed by atoms with Gasteiger partial charge in [0.1, 0.15) is 6.10 Å². The third kappa shape index (κ3) is 6.32. The summed E-state index contributed by atoms with van der Waals surface area (Å²) in [7, 11) is -0.991. The number of amides is 1. The van der Waals surface area contributed by atoms with Gasteiger partial charge in [-0.1, -0.05) is 146 Å². The van der Waals surface area contributed by atoms with Crippen molar-refractivity contribution in [2.24, 2.45) is 0 Å². The molecule has 0 unspecified atom stereocenters. The number of hydrogen-bond acceptors (Lipinski definition) is 3. The number of carbonyl (C=O) groups excluding carboxylic acids is 2. The summed E-state index contributed by atoms with van der Waals surface area (Å²) in [6.07, 6.45) is -0.705. The lowest BCUT2D eigenvalue weighted by Crippen LogP contribution is -2.40. The van der Waals surface area contributed by atoms with Crippen LogP contribution in [0.2, 0.25) is 0 Å². The van der Waals surface area contributed by atoms with Crippen LogP contribution in [0.3, 0.4) is 0 Å². The van der Waals surface area contributed by atoms with Gasteiger partial charge in [0.2, 0.25) is 0 Å². The molecule has 1 N–H and O–H groups in total. The largest absolute Gasteiger partial charge is 0.452 e. The van der Waals surface area contributed by atoms with Gasteiger partial charge in [0.15, 0.2) is 0 Å². The average molecular weight is 594 g/mol. The number of carbonyl (C=O) groups is 2. The number of rotatable bonds is 9. The van der Waals surface area contributed by atoms with Crippen LogP contribution in [0.5, 0.6) is 0 Å². The number of benzene rings is 6. The first-order valence-corrected chi connectivity index (χ1v) is 16.0. The number of fused-ring (bicyclic) bond motifs is 1. The van der Waals surface area contributed by atoms with Gasteiger partial charge < -0.3 is 10.1 Å². The van der Waals surface area contributed by atoms with E-state index in [-0.39, 0.29) is 5.91 Å². The summed E-state index contributed by atoms with van der Waals surface area (Å²) in [6.45, 7) is 1.88. The van der Waals surface area contributed by atoms with Crippen molar-refractivity contribution < 1.29 is 14.3 Å². The van der Waals surface area contributed by atoms with Crippen LogP contribution >= 0.6 is 7.92 Å². The van der Waals surface area contributed by atoms with Crippen LogP contribution in [0.1, 0.15) is 39.3 Å². The molecule has 0 heterocycles. The second-order valence-corrected chi connectivity index (χ2v) is 12.7. The van der Waals surface area contributed by atoms with Crippen LogP contribution < -0.4 is 21.2 Å². The number of hydrogen-bond donors (Lipinski definition) is 1. The maximum absolute atomic E-state index is 14.1. The van der Waals surface area contributed by atoms with E-state index in [9.17, 15) is 9.59 Å². The van der Waals surface area contributed by atoms with Gasteiger partial charge >= 0.3 is 5.97 Å². The Labute approximate surface area is 259 Å². The summed E-state index contributed by atoms with van der Waals surface area (Å²) in [6, 6.07) is 50.8. The van der Waals surface area contributed by atoms with Gasteiger partial charge in [-0.25, -0.2) is 4.79 Å². The monoisotopic (exact) mass is 593 g/mol. The second kappa shape index (κ2) is 13.5. The fourth-order valence-electron chi connectivity index (χ4n) is 5.49. The van der Waals surface area contributed by atoms with Crippen LogP contribution in [0.4, 0.5) is 0 Å². The third-order valence-corrected chi connectivity index (χ3v) is 10.1. The summed E-state index contributed by atoms with van der Waals surface area (Å²) >= 11 is 0. The Kier molecular flexibility index (Phi) is 8.91. The molecular formula is C39H32NO3P. The SMILES string of the molecule is C[C@@H](NC(=O)c1ccccc1P(c1ccccc1)c1ccccc1)[C@@H](OC(=O)c1cccc2ccccc12)c1ccccc1. The van der Waals surface area contributed by atoms with Crippen LogP contribution in [0.15, 0.2) is 158 Å². The standard InChI is InChI=1S/C39H32NO3P/c1-28(37(30-17-5-2-6-18-30)43-39(42)34-26-15-19-29-16-11-12-24-33(29)34)40-38(41)35-25-13-14-27-36(35)44(31-20-7-3-8-21-31)32-22-9-4-10-23-32/h2-28,37H,1H3,(H,40,41)/t28-,37-/m1/s1. The molecule has 2 atom stereocenters. The van der Waals surface area contributed by atoms with Crippen molar-refractivity contribution in [3.63, 3.8) is 0 Å². The maximum Gasteiger partial charge on any atom is 0.339 e. The fourth-order valence-corrected chi connectivity index (χ4v) is 7.93. The van der Waals surface area contributed by atoms with E-state index >= 15 is 0 Å². The van der Waals surface area contributed by atoms with E-state index in [0.29, 0.717) is 11.1 Å². The predicted molar refractivity (Wildman–Crippen MR) is 181 cm³/mol. The first-order valence-electron chi connectivity index (χ1n) is 14.6. The highest BCUT2D eigenvalue weighted by Gasteiger charge is 2.28. The van der Waals surface area contributed by atoms with E-state index < -0.39 is 26.0 Å². The van der Waals surface area contributed by atoms with Crippen molar-refractivity contribution in [1.29, 1.82) is 0 Å². The molecule has 0 aromatic heterocycles. The van der Waals surface area contributed by atoms with Gasteiger partial charge in [0.25, 0.3) is 5.91 Å². The molecule has 0 aliphatic rings. The Morgan fingerprint density at radius 3 is 1.80 bits per heavy atom. The normalized spacial score (nSPS) is 12.4. The summed E-state index contributed by atoms with van der Waals surface area (Å²) < 4.78 is 6.20. The molecule has 6 aromatic rings. The van der Waals surface area contributed by atoms with Gasteiger partial charge in [0.05, 0.1) is 11.6 Å². The molecule has 44 heavy (non-hydrogen) atoms. The molecule has 4 nitrogen and oxygen atoms in total. The molecule has 5 heteroatoms. The minimum absolute atomic E-state index is 0.213. The molecule has 0 fully saturated rings. The van der Waals surface area contributed by atoms with Crippen molar-refractivity contribution in [1.82, 2.24) is 5.32 Å². The highest BCUT2D eigenvalue weighted by molar-refractivity contribution is 7.80. The van der Waals surface area contributed by atoms with E-state index in [2.05, 4.69) is 29.6 Å².